The molecule has 4 aliphatic rings. The first-order valence-electron chi connectivity index (χ1n) is 13.2. The molecular weight excluding hydrogens is 820 g/mol. The highest BCUT2D eigenvalue weighted by atomic mass is 19.4. The fourth-order valence-electron chi connectivity index (χ4n) is 4.52. The Labute approximate surface area is 271 Å². The average molecular weight is 840 g/mol. The van der Waals surface area contributed by atoms with Crippen LogP contribution < -0.4 is 0 Å². The molecule has 28 heteroatoms. The molecule has 0 N–H and O–H groups in total. The van der Waals surface area contributed by atoms with Gasteiger partial charge in [-0.15, -0.1) is 0 Å². The Morgan fingerprint density at radius 1 is 0.212 bits per heavy atom. The van der Waals surface area contributed by atoms with Gasteiger partial charge in [0.1, 0.15) is 0 Å². The molecule has 12 atom stereocenters. The Balaban J connectivity index is 0.000000347. The van der Waals surface area contributed by atoms with Gasteiger partial charge in [-0.25, -0.2) is 52.7 Å². The van der Waals surface area contributed by atoms with E-state index in [2.05, 4.69) is 0 Å². The van der Waals surface area contributed by atoms with E-state index in [4.69, 9.17) is 0 Å². The molecule has 0 aromatic rings. The van der Waals surface area contributed by atoms with Crippen LogP contribution >= 0.6 is 0 Å². The maximum absolute atomic E-state index is 12.7. The van der Waals surface area contributed by atoms with Crippen LogP contribution in [0.3, 0.4) is 0 Å². The van der Waals surface area contributed by atoms with E-state index in [1.807, 2.05) is 0 Å². The number of hydrogen-bond acceptors (Lipinski definition) is 0. The molecule has 0 amide bonds. The average Bonchev–Trinajstić information content (AvgIpc) is 3.21. The van der Waals surface area contributed by atoms with Crippen LogP contribution in [-0.2, 0) is 0 Å². The fraction of sp³-hybridized carbons (Fsp3) is 1.00. The summed E-state index contributed by atoms with van der Waals surface area (Å²) >= 11 is 0. The van der Waals surface area contributed by atoms with E-state index in [1.165, 1.54) is 0 Å². The number of rotatable bonds is 0. The van der Waals surface area contributed by atoms with E-state index in [1.54, 1.807) is 0 Å². The number of hydrogen-bond donors (Lipinski definition) is 0. The Hall–Kier alpha value is -1.96. The highest BCUT2D eigenvalue weighted by Crippen LogP contribution is 2.60. The number of halogens is 28. The zero-order chi connectivity index (χ0) is 42.6. The molecule has 0 radical (unpaired) electrons. The predicted octanol–water partition coefficient (Wildman–Crippen LogP) is 10.7. The molecule has 4 rings (SSSR count). The fourth-order valence-corrected chi connectivity index (χ4v) is 4.52. The second-order valence-electron chi connectivity index (χ2n) is 12.3. The van der Waals surface area contributed by atoms with Crippen molar-refractivity contribution in [3.63, 3.8) is 0 Å². The predicted molar refractivity (Wildman–Crippen MR) is 117 cm³/mol. The Morgan fingerprint density at radius 3 is 0.327 bits per heavy atom. The minimum absolute atomic E-state index is 0.0782. The van der Waals surface area contributed by atoms with E-state index >= 15 is 0 Å². The van der Waals surface area contributed by atoms with Crippen LogP contribution in [-0.4, -0.2) is 119 Å². The topological polar surface area (TPSA) is 0 Å². The molecule has 52 heavy (non-hydrogen) atoms. The summed E-state index contributed by atoms with van der Waals surface area (Å²) in [6.07, 6.45) is -29.3. The molecule has 0 nitrogen and oxygen atoms in total. The van der Waals surface area contributed by atoms with Crippen LogP contribution in [0.15, 0.2) is 0 Å². The van der Waals surface area contributed by atoms with Gasteiger partial charge in [0.05, 0.1) is 0 Å². The lowest BCUT2D eigenvalue weighted by atomic mass is 10.0. The molecule has 0 spiro atoms. The van der Waals surface area contributed by atoms with Crippen LogP contribution in [0.1, 0.15) is 27.7 Å². The largest absolute Gasteiger partial charge is 0.349 e. The summed E-state index contributed by atoms with van der Waals surface area (Å²) in [6, 6.07) is 0. The molecule has 0 bridgehead atoms. The highest BCUT2D eigenvalue weighted by molar-refractivity contribution is 5.20. The highest BCUT2D eigenvalue weighted by Gasteiger charge is 2.86. The van der Waals surface area contributed by atoms with E-state index in [0.29, 0.717) is 0 Å². The monoisotopic (exact) mass is 840 g/mol. The van der Waals surface area contributed by atoms with Gasteiger partial charge in [-0.05, 0) is 27.7 Å². The molecule has 4 saturated carbocycles. The quantitative estimate of drug-likeness (QED) is 0.213. The van der Waals surface area contributed by atoms with Crippen LogP contribution in [0, 0.1) is 0 Å². The second-order valence-corrected chi connectivity index (χ2v) is 12.3. The lowest BCUT2D eigenvalue weighted by Gasteiger charge is -2.25. The zero-order valence-electron chi connectivity index (χ0n) is 25.2. The minimum Gasteiger partial charge on any atom is -0.240 e. The molecule has 6 unspecified atom stereocenters. The number of alkyl halides is 28. The molecule has 0 heterocycles. The van der Waals surface area contributed by atoms with E-state index in [9.17, 15) is 123 Å². The summed E-state index contributed by atoms with van der Waals surface area (Å²) in [5.74, 6) is -42.5. The van der Waals surface area contributed by atoms with Crippen molar-refractivity contribution >= 4 is 0 Å². The lowest BCUT2D eigenvalue weighted by Crippen LogP contribution is -2.49. The SMILES string of the molecule is CC1(F)C(F)C(F)C(F)(F)C1(F)F.CC1(F)[C@@H](F)[C@@H](F)C(F)(F)C1(F)F.CC1(F)[C@@H](F)[C@H](F)C(F)(F)C1(F)F.CC1(F)[C@H](F)[C@@H](F)C(F)(F)C1(F)F. The maximum atomic E-state index is 12.7. The van der Waals surface area contributed by atoms with Crippen molar-refractivity contribution in [2.75, 3.05) is 0 Å². The van der Waals surface area contributed by atoms with Crippen LogP contribution in [0.25, 0.3) is 0 Å². The molecule has 312 valence electrons. The Kier molecular flexibility index (Phi) is 11.8. The van der Waals surface area contributed by atoms with Gasteiger partial charge in [0.2, 0.25) is 47.4 Å². The molecule has 4 fully saturated rings. The van der Waals surface area contributed by atoms with E-state index < -0.39 is 119 Å². The van der Waals surface area contributed by atoms with Crippen molar-refractivity contribution in [3.05, 3.63) is 0 Å². The molecule has 4 aliphatic carbocycles. The van der Waals surface area contributed by atoms with Crippen molar-refractivity contribution in [2.45, 2.75) is 147 Å². The summed E-state index contributed by atoms with van der Waals surface area (Å²) < 4.78 is 346. The van der Waals surface area contributed by atoms with Crippen LogP contribution in [0.4, 0.5) is 123 Å². The normalized spacial score (nSPS) is 48.0. The van der Waals surface area contributed by atoms with Gasteiger partial charge in [0.25, 0.3) is 0 Å². The van der Waals surface area contributed by atoms with Gasteiger partial charge < -0.3 is 0 Å². The minimum atomic E-state index is -5.32. The van der Waals surface area contributed by atoms with Gasteiger partial charge in [0.15, 0.2) is 24.7 Å². The first kappa shape index (κ1) is 48.1. The third kappa shape index (κ3) is 5.92. The van der Waals surface area contributed by atoms with E-state index in [-0.39, 0.29) is 27.7 Å². The summed E-state index contributed by atoms with van der Waals surface area (Å²) in [4.78, 5) is 0. The van der Waals surface area contributed by atoms with Crippen molar-refractivity contribution in [3.8, 4) is 0 Å². The molecule has 0 aromatic carbocycles. The third-order valence-corrected chi connectivity index (χ3v) is 8.62. The van der Waals surface area contributed by atoms with Gasteiger partial charge in [-0.2, -0.15) is 70.2 Å². The van der Waals surface area contributed by atoms with Gasteiger partial charge >= 0.3 is 47.4 Å². The third-order valence-electron chi connectivity index (χ3n) is 8.62. The molecule has 0 saturated heterocycles. The molecular formula is C24H20F28. The summed E-state index contributed by atoms with van der Waals surface area (Å²) in [5.41, 5.74) is -16.7. The zero-order valence-corrected chi connectivity index (χ0v) is 25.2. The first-order chi connectivity index (χ1) is 22.3. The van der Waals surface area contributed by atoms with Crippen molar-refractivity contribution in [2.24, 2.45) is 0 Å². The summed E-state index contributed by atoms with van der Waals surface area (Å²) in [6.45, 7) is -0.313. The van der Waals surface area contributed by atoms with Gasteiger partial charge in [-0.1, -0.05) is 0 Å². The Morgan fingerprint density at radius 2 is 0.308 bits per heavy atom. The Bertz CT molecular complexity index is 988. The molecule has 0 aliphatic heterocycles. The summed E-state index contributed by atoms with van der Waals surface area (Å²) in [7, 11) is 0. The van der Waals surface area contributed by atoms with Gasteiger partial charge in [-0.3, -0.25) is 0 Å². The van der Waals surface area contributed by atoms with Crippen LogP contribution in [0.2, 0.25) is 0 Å². The molecule has 0 aromatic heterocycles. The lowest BCUT2D eigenvalue weighted by molar-refractivity contribution is -0.244. The van der Waals surface area contributed by atoms with Crippen molar-refractivity contribution in [1.82, 2.24) is 0 Å². The summed E-state index contributed by atoms with van der Waals surface area (Å²) in [5, 5.41) is 0. The van der Waals surface area contributed by atoms with Crippen LogP contribution in [0.5, 0.6) is 0 Å². The first-order valence-corrected chi connectivity index (χ1v) is 13.2. The standard InChI is InChI=1S/4C6H5F7/c4*1-4(9)2(7)3(8)5(10,11)6(4,12)13/h4*2-3H,1H3/t2-,3+,4?;2*2-,3-,4?;/m010./s1. The van der Waals surface area contributed by atoms with Crippen molar-refractivity contribution < 1.29 is 123 Å². The second kappa shape index (κ2) is 12.8. The van der Waals surface area contributed by atoms with E-state index in [0.717, 1.165) is 0 Å². The van der Waals surface area contributed by atoms with Crippen molar-refractivity contribution in [1.29, 1.82) is 0 Å². The maximum Gasteiger partial charge on any atom is 0.349 e. The van der Waals surface area contributed by atoms with Gasteiger partial charge in [0, 0.05) is 0 Å². The smallest absolute Gasteiger partial charge is 0.240 e.